The van der Waals surface area contributed by atoms with Gasteiger partial charge in [0.1, 0.15) is 5.75 Å². The summed E-state index contributed by atoms with van der Waals surface area (Å²) in [4.78, 5) is 0. The van der Waals surface area contributed by atoms with Crippen LogP contribution in [0.1, 0.15) is 43.7 Å². The molecule has 0 unspecified atom stereocenters. The van der Waals surface area contributed by atoms with Crippen molar-refractivity contribution in [1.82, 2.24) is 0 Å². The minimum Gasteiger partial charge on any atom is -0.493 e. The molecule has 0 saturated carbocycles. The minimum atomic E-state index is 0.259. The number of aliphatic hydroxyl groups is 1. The maximum absolute atomic E-state index is 8.88. The molecule has 4 nitrogen and oxygen atoms in total. The van der Waals surface area contributed by atoms with Crippen molar-refractivity contribution in [3.63, 3.8) is 0 Å². The van der Waals surface area contributed by atoms with Gasteiger partial charge in [-0.1, -0.05) is 23.2 Å². The first-order chi connectivity index (χ1) is 9.19. The van der Waals surface area contributed by atoms with Crippen LogP contribution in [0.3, 0.4) is 0 Å². The monoisotopic (exact) mass is 265 g/mol. The van der Waals surface area contributed by atoms with Crippen molar-refractivity contribution < 1.29 is 15.1 Å². The summed E-state index contributed by atoms with van der Waals surface area (Å²) in [7, 11) is 0. The van der Waals surface area contributed by atoms with E-state index in [1.807, 2.05) is 25.1 Å². The van der Waals surface area contributed by atoms with Gasteiger partial charge < -0.3 is 15.1 Å². The van der Waals surface area contributed by atoms with Crippen molar-refractivity contribution in [2.45, 2.75) is 39.5 Å². The Morgan fingerprint density at radius 3 is 2.63 bits per heavy atom. The Hall–Kier alpha value is -1.55. The van der Waals surface area contributed by atoms with Gasteiger partial charge in [0.25, 0.3) is 0 Å². The summed E-state index contributed by atoms with van der Waals surface area (Å²) in [6.45, 7) is 4.64. The lowest BCUT2D eigenvalue weighted by molar-refractivity contribution is 0.273. The van der Waals surface area contributed by atoms with Crippen molar-refractivity contribution >= 4 is 5.71 Å². The van der Waals surface area contributed by atoms with Crippen LogP contribution in [0.5, 0.6) is 5.75 Å². The van der Waals surface area contributed by atoms with Crippen LogP contribution in [0.2, 0.25) is 0 Å². The van der Waals surface area contributed by atoms with Crippen LogP contribution in [0.25, 0.3) is 0 Å². The van der Waals surface area contributed by atoms with Gasteiger partial charge in [0.2, 0.25) is 0 Å². The molecule has 0 aromatic heterocycles. The average Bonchev–Trinajstić information content (AvgIpc) is 2.43. The molecule has 0 aliphatic rings. The number of oxime groups is 1. The van der Waals surface area contributed by atoms with Crippen LogP contribution in [-0.2, 0) is 0 Å². The SMILES string of the molecule is C/C(=N/O)c1cc(C)ccc1OCCCCCCO. The van der Waals surface area contributed by atoms with Crippen molar-refractivity contribution in [3.05, 3.63) is 29.3 Å². The molecule has 0 radical (unpaired) electrons. The molecule has 1 rings (SSSR count). The second kappa shape index (κ2) is 8.53. The van der Waals surface area contributed by atoms with Crippen LogP contribution in [-0.4, -0.2) is 29.2 Å². The highest BCUT2D eigenvalue weighted by atomic mass is 16.5. The molecule has 0 bridgehead atoms. The molecule has 4 heteroatoms. The van der Waals surface area contributed by atoms with E-state index < -0.39 is 0 Å². The zero-order valence-corrected chi connectivity index (χ0v) is 11.7. The Morgan fingerprint density at radius 1 is 1.21 bits per heavy atom. The Labute approximate surface area is 114 Å². The van der Waals surface area contributed by atoms with Gasteiger partial charge in [0.15, 0.2) is 0 Å². The minimum absolute atomic E-state index is 0.259. The number of hydrogen-bond acceptors (Lipinski definition) is 4. The first-order valence-electron chi connectivity index (χ1n) is 6.72. The van der Waals surface area contributed by atoms with Gasteiger partial charge in [-0.3, -0.25) is 0 Å². The number of aryl methyl sites for hydroxylation is 1. The van der Waals surface area contributed by atoms with E-state index in [4.69, 9.17) is 15.1 Å². The third-order valence-electron chi connectivity index (χ3n) is 2.98. The maximum Gasteiger partial charge on any atom is 0.128 e. The summed E-state index contributed by atoms with van der Waals surface area (Å²) < 4.78 is 5.74. The first kappa shape index (κ1) is 15.5. The molecule has 0 fully saturated rings. The molecule has 2 N–H and O–H groups in total. The quantitative estimate of drug-likeness (QED) is 0.328. The molecule has 0 spiro atoms. The smallest absolute Gasteiger partial charge is 0.128 e. The maximum atomic E-state index is 8.88. The third-order valence-corrected chi connectivity index (χ3v) is 2.98. The zero-order chi connectivity index (χ0) is 14.1. The van der Waals surface area contributed by atoms with Crippen molar-refractivity contribution in [3.8, 4) is 5.75 Å². The Morgan fingerprint density at radius 2 is 1.95 bits per heavy atom. The highest BCUT2D eigenvalue weighted by Crippen LogP contribution is 2.21. The Balaban J connectivity index is 2.53. The van der Waals surface area contributed by atoms with E-state index in [1.165, 1.54) is 0 Å². The summed E-state index contributed by atoms with van der Waals surface area (Å²) in [5.74, 6) is 0.753. The summed E-state index contributed by atoms with van der Waals surface area (Å²) in [6.07, 6.45) is 3.89. The molecule has 19 heavy (non-hydrogen) atoms. The number of nitrogens with zero attached hydrogens (tertiary/aromatic N) is 1. The van der Waals surface area contributed by atoms with Crippen LogP contribution >= 0.6 is 0 Å². The molecule has 0 heterocycles. The number of ether oxygens (including phenoxy) is 1. The number of hydrogen-bond donors (Lipinski definition) is 2. The zero-order valence-electron chi connectivity index (χ0n) is 11.7. The summed E-state index contributed by atoms with van der Waals surface area (Å²) >= 11 is 0. The second-order valence-corrected chi connectivity index (χ2v) is 4.67. The molecule has 1 aromatic rings. The van der Waals surface area contributed by atoms with Crippen LogP contribution in [0.4, 0.5) is 0 Å². The molecular weight excluding hydrogens is 242 g/mol. The molecule has 0 aliphatic carbocycles. The number of unbranched alkanes of at least 4 members (excludes halogenated alkanes) is 3. The van der Waals surface area contributed by atoms with Gasteiger partial charge in [0, 0.05) is 12.2 Å². The molecule has 0 aliphatic heterocycles. The Kier molecular flexibility index (Phi) is 6.97. The lowest BCUT2D eigenvalue weighted by Crippen LogP contribution is -2.04. The van der Waals surface area contributed by atoms with Gasteiger partial charge in [-0.05, 0) is 45.2 Å². The second-order valence-electron chi connectivity index (χ2n) is 4.67. The largest absolute Gasteiger partial charge is 0.493 e. The molecule has 0 amide bonds. The molecule has 0 atom stereocenters. The van der Waals surface area contributed by atoms with Crippen LogP contribution in [0.15, 0.2) is 23.4 Å². The van der Waals surface area contributed by atoms with Crippen molar-refractivity contribution in [2.75, 3.05) is 13.2 Å². The fourth-order valence-corrected chi connectivity index (χ4v) is 1.86. The fourth-order valence-electron chi connectivity index (χ4n) is 1.86. The average molecular weight is 265 g/mol. The van der Waals surface area contributed by atoms with E-state index in [0.29, 0.717) is 12.3 Å². The number of aliphatic hydroxyl groups excluding tert-OH is 1. The normalized spacial score (nSPS) is 11.6. The summed E-state index contributed by atoms with van der Waals surface area (Å²) in [5.41, 5.74) is 2.49. The lowest BCUT2D eigenvalue weighted by Gasteiger charge is -2.11. The van der Waals surface area contributed by atoms with E-state index in [9.17, 15) is 0 Å². The highest BCUT2D eigenvalue weighted by Gasteiger charge is 2.07. The number of rotatable bonds is 8. The van der Waals surface area contributed by atoms with E-state index >= 15 is 0 Å². The van der Waals surface area contributed by atoms with Gasteiger partial charge in [-0.2, -0.15) is 0 Å². The van der Waals surface area contributed by atoms with E-state index in [2.05, 4.69) is 5.16 Å². The standard InChI is InChI=1S/C15H23NO3/c1-12-7-8-15(14(11-12)13(2)16-18)19-10-6-4-3-5-9-17/h7-8,11,17-18H,3-6,9-10H2,1-2H3/b16-13-. The van der Waals surface area contributed by atoms with Crippen LogP contribution < -0.4 is 4.74 Å². The van der Waals surface area contributed by atoms with Gasteiger partial charge in [0.05, 0.1) is 12.3 Å². The topological polar surface area (TPSA) is 62.1 Å². The van der Waals surface area contributed by atoms with Gasteiger partial charge in [-0.25, -0.2) is 0 Å². The molecular formula is C15H23NO3. The van der Waals surface area contributed by atoms with Crippen molar-refractivity contribution in [2.24, 2.45) is 5.16 Å². The third kappa shape index (κ3) is 5.30. The molecule has 106 valence electrons. The summed E-state index contributed by atoms with van der Waals surface area (Å²) in [5, 5.41) is 20.8. The highest BCUT2D eigenvalue weighted by molar-refractivity contribution is 6.00. The lowest BCUT2D eigenvalue weighted by atomic mass is 10.1. The van der Waals surface area contributed by atoms with Gasteiger partial charge >= 0.3 is 0 Å². The Bertz CT molecular complexity index is 416. The first-order valence-corrected chi connectivity index (χ1v) is 6.72. The molecule has 0 saturated heterocycles. The van der Waals surface area contributed by atoms with E-state index in [0.717, 1.165) is 42.6 Å². The predicted octanol–water partition coefficient (Wildman–Crippen LogP) is 3.12. The molecule has 1 aromatic carbocycles. The van der Waals surface area contributed by atoms with E-state index in [1.54, 1.807) is 6.92 Å². The fraction of sp³-hybridized carbons (Fsp3) is 0.533. The predicted molar refractivity (Wildman–Crippen MR) is 76.2 cm³/mol. The summed E-state index contributed by atoms with van der Waals surface area (Å²) in [6, 6.07) is 5.85. The van der Waals surface area contributed by atoms with Crippen molar-refractivity contribution in [1.29, 1.82) is 0 Å². The van der Waals surface area contributed by atoms with E-state index in [-0.39, 0.29) is 6.61 Å². The van der Waals surface area contributed by atoms with Crippen LogP contribution in [0, 0.1) is 6.92 Å². The van der Waals surface area contributed by atoms with Gasteiger partial charge in [-0.15, -0.1) is 0 Å². The number of benzene rings is 1.